The number of hydrogen-bond acceptors (Lipinski definition) is 2. The van der Waals surface area contributed by atoms with Crippen LogP contribution in [0, 0.1) is 0 Å². The van der Waals surface area contributed by atoms with Gasteiger partial charge >= 0.3 is 0 Å². The van der Waals surface area contributed by atoms with Gasteiger partial charge in [-0.3, -0.25) is 0 Å². The molecule has 0 aromatic heterocycles. The number of aliphatic hydroxyl groups is 1. The molecule has 0 amide bonds. The van der Waals surface area contributed by atoms with E-state index in [-0.39, 0.29) is 0 Å². The number of methoxy groups -OCH3 is 1. The van der Waals surface area contributed by atoms with Crippen molar-refractivity contribution in [1.29, 1.82) is 0 Å². The van der Waals surface area contributed by atoms with Crippen molar-refractivity contribution < 1.29 is 9.84 Å². The molecular formula is C10H13BrO2. The lowest BCUT2D eigenvalue weighted by Gasteiger charge is -2.11. The van der Waals surface area contributed by atoms with Crippen molar-refractivity contribution in [1.82, 2.24) is 0 Å². The van der Waals surface area contributed by atoms with E-state index in [1.165, 1.54) is 0 Å². The molecule has 13 heavy (non-hydrogen) atoms. The molecule has 1 aromatic carbocycles. The molecule has 72 valence electrons. The SMILES string of the molecule is CCC(O)c1ccc(OC)cc1Br. The zero-order valence-corrected chi connectivity index (χ0v) is 9.34. The lowest BCUT2D eigenvalue weighted by molar-refractivity contribution is 0.173. The maximum absolute atomic E-state index is 9.60. The van der Waals surface area contributed by atoms with Crippen molar-refractivity contribution in [3.8, 4) is 5.75 Å². The summed E-state index contributed by atoms with van der Waals surface area (Å²) in [5, 5.41) is 9.60. The van der Waals surface area contributed by atoms with Crippen LogP contribution < -0.4 is 4.74 Å². The summed E-state index contributed by atoms with van der Waals surface area (Å²) in [4.78, 5) is 0. The van der Waals surface area contributed by atoms with Crippen molar-refractivity contribution in [2.75, 3.05) is 7.11 Å². The van der Waals surface area contributed by atoms with Crippen LogP contribution in [0.5, 0.6) is 5.75 Å². The van der Waals surface area contributed by atoms with E-state index in [1.807, 2.05) is 25.1 Å². The molecule has 0 fully saturated rings. The second-order valence-corrected chi connectivity index (χ2v) is 3.67. The molecule has 1 unspecified atom stereocenters. The van der Waals surface area contributed by atoms with Gasteiger partial charge in [-0.1, -0.05) is 28.9 Å². The fraction of sp³-hybridized carbons (Fsp3) is 0.400. The highest BCUT2D eigenvalue weighted by Gasteiger charge is 2.09. The molecule has 3 heteroatoms. The summed E-state index contributed by atoms with van der Waals surface area (Å²) in [7, 11) is 1.62. The first-order valence-corrected chi connectivity index (χ1v) is 4.99. The number of benzene rings is 1. The van der Waals surface area contributed by atoms with Gasteiger partial charge in [-0.15, -0.1) is 0 Å². The summed E-state index contributed by atoms with van der Waals surface area (Å²) in [6.07, 6.45) is 0.311. The molecule has 0 aliphatic rings. The summed E-state index contributed by atoms with van der Waals surface area (Å²) in [5.74, 6) is 0.791. The standard InChI is InChI=1S/C10H13BrO2/c1-3-10(12)8-5-4-7(13-2)6-9(8)11/h4-6,10,12H,3H2,1-2H3. The fourth-order valence-electron chi connectivity index (χ4n) is 1.12. The van der Waals surface area contributed by atoms with Gasteiger partial charge in [0, 0.05) is 4.47 Å². The van der Waals surface area contributed by atoms with Crippen LogP contribution in [-0.2, 0) is 0 Å². The van der Waals surface area contributed by atoms with Crippen LogP contribution in [0.3, 0.4) is 0 Å². The minimum atomic E-state index is -0.403. The van der Waals surface area contributed by atoms with E-state index in [0.29, 0.717) is 6.42 Å². The van der Waals surface area contributed by atoms with Crippen molar-refractivity contribution in [2.24, 2.45) is 0 Å². The average molecular weight is 245 g/mol. The van der Waals surface area contributed by atoms with Gasteiger partial charge in [-0.05, 0) is 24.1 Å². The first kappa shape index (κ1) is 10.5. The van der Waals surface area contributed by atoms with E-state index in [4.69, 9.17) is 4.74 Å². The van der Waals surface area contributed by atoms with Gasteiger partial charge < -0.3 is 9.84 Å². The van der Waals surface area contributed by atoms with Crippen molar-refractivity contribution in [2.45, 2.75) is 19.4 Å². The third-order valence-corrected chi connectivity index (χ3v) is 2.64. The second-order valence-electron chi connectivity index (χ2n) is 2.81. The number of rotatable bonds is 3. The minimum Gasteiger partial charge on any atom is -0.497 e. The van der Waals surface area contributed by atoms with Gasteiger partial charge in [-0.25, -0.2) is 0 Å². The van der Waals surface area contributed by atoms with Gasteiger partial charge in [0.05, 0.1) is 13.2 Å². The number of aliphatic hydroxyl groups excluding tert-OH is 1. The van der Waals surface area contributed by atoms with Gasteiger partial charge in [0.25, 0.3) is 0 Å². The van der Waals surface area contributed by atoms with Crippen molar-refractivity contribution >= 4 is 15.9 Å². The van der Waals surface area contributed by atoms with E-state index in [2.05, 4.69) is 15.9 Å². The van der Waals surface area contributed by atoms with Crippen LogP contribution in [0.25, 0.3) is 0 Å². The monoisotopic (exact) mass is 244 g/mol. The third-order valence-electron chi connectivity index (χ3n) is 1.95. The Morgan fingerprint density at radius 2 is 2.23 bits per heavy atom. The van der Waals surface area contributed by atoms with Crippen LogP contribution >= 0.6 is 15.9 Å². The first-order valence-electron chi connectivity index (χ1n) is 4.20. The highest BCUT2D eigenvalue weighted by atomic mass is 79.9. The quantitative estimate of drug-likeness (QED) is 0.887. The van der Waals surface area contributed by atoms with Crippen LogP contribution in [0.15, 0.2) is 22.7 Å². The molecule has 2 nitrogen and oxygen atoms in total. The molecule has 0 bridgehead atoms. The largest absolute Gasteiger partial charge is 0.497 e. The molecule has 0 aliphatic carbocycles. The lowest BCUT2D eigenvalue weighted by Crippen LogP contribution is -1.96. The zero-order chi connectivity index (χ0) is 9.84. The van der Waals surface area contributed by atoms with Crippen LogP contribution in [0.1, 0.15) is 25.0 Å². The summed E-state index contributed by atoms with van der Waals surface area (Å²) in [6, 6.07) is 5.57. The molecular weight excluding hydrogens is 232 g/mol. The minimum absolute atomic E-state index is 0.403. The highest BCUT2D eigenvalue weighted by Crippen LogP contribution is 2.28. The molecule has 0 heterocycles. The smallest absolute Gasteiger partial charge is 0.120 e. The van der Waals surface area contributed by atoms with Crippen molar-refractivity contribution in [3.63, 3.8) is 0 Å². The van der Waals surface area contributed by atoms with E-state index in [0.717, 1.165) is 15.8 Å². The van der Waals surface area contributed by atoms with E-state index in [9.17, 15) is 5.11 Å². The summed E-state index contributed by atoms with van der Waals surface area (Å²) in [5.41, 5.74) is 0.906. The number of halogens is 1. The molecule has 1 atom stereocenters. The predicted molar refractivity (Wildman–Crippen MR) is 55.9 cm³/mol. The molecule has 1 N–H and O–H groups in total. The second kappa shape index (κ2) is 4.63. The lowest BCUT2D eigenvalue weighted by atomic mass is 10.1. The number of ether oxygens (including phenoxy) is 1. The Labute approximate surface area is 86.7 Å². The Morgan fingerprint density at radius 1 is 1.54 bits per heavy atom. The zero-order valence-electron chi connectivity index (χ0n) is 7.75. The topological polar surface area (TPSA) is 29.5 Å². The van der Waals surface area contributed by atoms with Gasteiger partial charge in [0.2, 0.25) is 0 Å². The Morgan fingerprint density at radius 3 is 2.69 bits per heavy atom. The molecule has 0 spiro atoms. The van der Waals surface area contributed by atoms with Crippen LogP contribution in [0.2, 0.25) is 0 Å². The Bertz CT molecular complexity index is 286. The van der Waals surface area contributed by atoms with E-state index in [1.54, 1.807) is 7.11 Å². The highest BCUT2D eigenvalue weighted by molar-refractivity contribution is 9.10. The normalized spacial score (nSPS) is 12.6. The molecule has 0 aliphatic heterocycles. The van der Waals surface area contributed by atoms with Crippen LogP contribution in [0.4, 0.5) is 0 Å². The Hall–Kier alpha value is -0.540. The van der Waals surface area contributed by atoms with Gasteiger partial charge in [0.1, 0.15) is 5.75 Å². The summed E-state index contributed by atoms with van der Waals surface area (Å²) < 4.78 is 5.94. The predicted octanol–water partition coefficient (Wildman–Crippen LogP) is 2.90. The molecule has 1 aromatic rings. The molecule has 1 rings (SSSR count). The maximum atomic E-state index is 9.60. The summed E-state index contributed by atoms with van der Waals surface area (Å²) >= 11 is 3.39. The van der Waals surface area contributed by atoms with E-state index < -0.39 is 6.10 Å². The summed E-state index contributed by atoms with van der Waals surface area (Å²) in [6.45, 7) is 1.95. The third kappa shape index (κ3) is 2.45. The Balaban J connectivity index is 2.98. The molecule has 0 saturated heterocycles. The van der Waals surface area contributed by atoms with Crippen LogP contribution in [-0.4, -0.2) is 12.2 Å². The first-order chi connectivity index (χ1) is 6.19. The fourth-order valence-corrected chi connectivity index (χ4v) is 1.75. The van der Waals surface area contributed by atoms with E-state index >= 15 is 0 Å². The van der Waals surface area contributed by atoms with Gasteiger partial charge in [-0.2, -0.15) is 0 Å². The van der Waals surface area contributed by atoms with Crippen molar-refractivity contribution in [3.05, 3.63) is 28.2 Å². The Kier molecular flexibility index (Phi) is 3.75. The van der Waals surface area contributed by atoms with Gasteiger partial charge in [0.15, 0.2) is 0 Å². The molecule has 0 saturated carbocycles. The number of hydrogen-bond donors (Lipinski definition) is 1. The average Bonchev–Trinajstić information content (AvgIpc) is 2.16. The molecule has 0 radical (unpaired) electrons. The maximum Gasteiger partial charge on any atom is 0.120 e.